The highest BCUT2D eigenvalue weighted by Gasteiger charge is 2.04. The van der Waals surface area contributed by atoms with Gasteiger partial charge in [0.15, 0.2) is 0 Å². The van der Waals surface area contributed by atoms with Crippen LogP contribution < -0.4 is 10.7 Å². The van der Waals surface area contributed by atoms with E-state index in [0.29, 0.717) is 6.42 Å². The number of hydrazone groups is 1. The van der Waals surface area contributed by atoms with Crippen molar-refractivity contribution in [1.82, 2.24) is 10.7 Å². The lowest BCUT2D eigenvalue weighted by Gasteiger charge is -2.04. The third-order valence-electron chi connectivity index (χ3n) is 4.16. The lowest BCUT2D eigenvalue weighted by molar-refractivity contribution is -0.126. The zero-order valence-electron chi connectivity index (χ0n) is 16.0. The molecule has 0 aliphatic carbocycles. The maximum atomic E-state index is 11.7. The fourth-order valence-corrected chi connectivity index (χ4v) is 2.62. The van der Waals surface area contributed by atoms with Crippen molar-refractivity contribution >= 4 is 18.0 Å². The molecule has 0 saturated carbocycles. The number of hydrogen-bond acceptors (Lipinski definition) is 3. The standard InChI is InChI=1S/C21H33N3O2/c1-2-3-4-5-6-7-8-9-13-16-20(25)22-18-21(26)24-23-17-19-14-11-10-12-15-19/h10-12,14-15,17H,2-9,13,16,18H2,1H3,(H,22,25)(H,24,26)/b23-17-. The predicted octanol–water partition coefficient (Wildman–Crippen LogP) is 4.17. The van der Waals surface area contributed by atoms with Gasteiger partial charge in [0.2, 0.25) is 5.91 Å². The molecule has 1 aromatic rings. The van der Waals surface area contributed by atoms with Gasteiger partial charge in [-0.1, -0.05) is 88.6 Å². The highest BCUT2D eigenvalue weighted by Crippen LogP contribution is 2.10. The molecule has 2 amide bonds. The van der Waals surface area contributed by atoms with Gasteiger partial charge in [-0.3, -0.25) is 9.59 Å². The molecule has 5 heteroatoms. The van der Waals surface area contributed by atoms with Crippen molar-refractivity contribution < 1.29 is 9.59 Å². The minimum Gasteiger partial charge on any atom is -0.347 e. The van der Waals surface area contributed by atoms with Crippen LogP contribution in [0.3, 0.4) is 0 Å². The Bertz CT molecular complexity index is 529. The first-order valence-corrected chi connectivity index (χ1v) is 9.86. The van der Waals surface area contributed by atoms with Crippen LogP contribution >= 0.6 is 0 Å². The molecular weight excluding hydrogens is 326 g/mol. The number of amides is 2. The zero-order chi connectivity index (χ0) is 18.9. The van der Waals surface area contributed by atoms with E-state index in [4.69, 9.17) is 0 Å². The second kappa shape index (κ2) is 15.1. The first-order valence-electron chi connectivity index (χ1n) is 9.86. The lowest BCUT2D eigenvalue weighted by atomic mass is 10.1. The van der Waals surface area contributed by atoms with Gasteiger partial charge < -0.3 is 5.32 Å². The fraction of sp³-hybridized carbons (Fsp3) is 0.571. The van der Waals surface area contributed by atoms with Gasteiger partial charge in [-0.05, 0) is 12.0 Å². The van der Waals surface area contributed by atoms with Gasteiger partial charge in [-0.2, -0.15) is 5.10 Å². The molecule has 0 radical (unpaired) electrons. The van der Waals surface area contributed by atoms with Crippen molar-refractivity contribution in [2.24, 2.45) is 5.10 Å². The van der Waals surface area contributed by atoms with Crippen LogP contribution in [0.25, 0.3) is 0 Å². The Hall–Kier alpha value is -2.17. The number of nitrogens with zero attached hydrogens (tertiary/aromatic N) is 1. The largest absolute Gasteiger partial charge is 0.347 e. The quantitative estimate of drug-likeness (QED) is 0.297. The van der Waals surface area contributed by atoms with Crippen LogP contribution in [-0.4, -0.2) is 24.6 Å². The van der Waals surface area contributed by atoms with Crippen LogP contribution in [0.2, 0.25) is 0 Å². The number of hydrogen-bond donors (Lipinski definition) is 2. The topological polar surface area (TPSA) is 70.6 Å². The third-order valence-corrected chi connectivity index (χ3v) is 4.16. The summed E-state index contributed by atoms with van der Waals surface area (Å²) in [5.74, 6) is -0.396. The summed E-state index contributed by atoms with van der Waals surface area (Å²) >= 11 is 0. The van der Waals surface area contributed by atoms with Gasteiger partial charge in [-0.15, -0.1) is 0 Å². The van der Waals surface area contributed by atoms with Crippen LogP contribution in [0.1, 0.15) is 76.7 Å². The second-order valence-electron chi connectivity index (χ2n) is 6.56. The summed E-state index contributed by atoms with van der Waals surface area (Å²) in [4.78, 5) is 23.3. The Labute approximate surface area is 157 Å². The Morgan fingerprint density at radius 3 is 2.15 bits per heavy atom. The number of benzene rings is 1. The summed E-state index contributed by atoms with van der Waals surface area (Å²) in [6.45, 7) is 2.19. The molecule has 0 aromatic heterocycles. The van der Waals surface area contributed by atoms with Crippen LogP contribution in [-0.2, 0) is 9.59 Å². The van der Waals surface area contributed by atoms with Crippen LogP contribution in [0.4, 0.5) is 0 Å². The fourth-order valence-electron chi connectivity index (χ4n) is 2.62. The molecule has 0 atom stereocenters. The molecular formula is C21H33N3O2. The molecule has 0 saturated heterocycles. The summed E-state index contributed by atoms with van der Waals surface area (Å²) in [5.41, 5.74) is 3.31. The molecule has 2 N–H and O–H groups in total. The Morgan fingerprint density at radius 1 is 0.885 bits per heavy atom. The van der Waals surface area contributed by atoms with Crippen molar-refractivity contribution in [3.8, 4) is 0 Å². The molecule has 0 spiro atoms. The van der Waals surface area contributed by atoms with E-state index in [2.05, 4.69) is 22.8 Å². The van der Waals surface area contributed by atoms with E-state index in [1.807, 2.05) is 30.3 Å². The molecule has 5 nitrogen and oxygen atoms in total. The highest BCUT2D eigenvalue weighted by molar-refractivity contribution is 5.86. The van der Waals surface area contributed by atoms with Crippen LogP contribution in [0.5, 0.6) is 0 Å². The molecule has 1 rings (SSSR count). The predicted molar refractivity (Wildman–Crippen MR) is 107 cm³/mol. The number of carbonyl (C=O) groups excluding carboxylic acids is 2. The van der Waals surface area contributed by atoms with Gasteiger partial charge in [0, 0.05) is 6.42 Å². The van der Waals surface area contributed by atoms with Gasteiger partial charge >= 0.3 is 0 Å². The molecule has 0 heterocycles. The average molecular weight is 360 g/mol. The van der Waals surface area contributed by atoms with Gasteiger partial charge in [0.1, 0.15) is 0 Å². The van der Waals surface area contributed by atoms with E-state index >= 15 is 0 Å². The molecule has 0 fully saturated rings. The van der Waals surface area contributed by atoms with Crippen molar-refractivity contribution in [2.45, 2.75) is 71.1 Å². The van der Waals surface area contributed by atoms with Crippen LogP contribution in [0, 0.1) is 0 Å². The smallest absolute Gasteiger partial charge is 0.259 e. The number of unbranched alkanes of at least 4 members (excludes halogenated alkanes) is 8. The van der Waals surface area contributed by atoms with E-state index in [0.717, 1.165) is 18.4 Å². The summed E-state index contributed by atoms with van der Waals surface area (Å²) in [7, 11) is 0. The summed E-state index contributed by atoms with van der Waals surface area (Å²) in [6, 6.07) is 9.50. The average Bonchev–Trinajstić information content (AvgIpc) is 2.66. The molecule has 144 valence electrons. The van der Waals surface area contributed by atoms with Gasteiger partial charge in [-0.25, -0.2) is 5.43 Å². The number of rotatable bonds is 14. The van der Waals surface area contributed by atoms with Crippen LogP contribution in [0.15, 0.2) is 35.4 Å². The minimum atomic E-state index is -0.322. The SMILES string of the molecule is CCCCCCCCCCCC(=O)NCC(=O)N/N=C\c1ccccc1. The van der Waals surface area contributed by atoms with Crippen molar-refractivity contribution in [3.63, 3.8) is 0 Å². The van der Waals surface area contributed by atoms with E-state index in [1.165, 1.54) is 44.9 Å². The molecule has 0 aliphatic heterocycles. The van der Waals surface area contributed by atoms with E-state index in [1.54, 1.807) is 6.21 Å². The Balaban J connectivity index is 1.97. The van der Waals surface area contributed by atoms with E-state index in [-0.39, 0.29) is 18.4 Å². The Kier molecular flexibility index (Phi) is 12.7. The summed E-state index contributed by atoms with van der Waals surface area (Å²) in [5, 5.41) is 6.50. The summed E-state index contributed by atoms with van der Waals surface area (Å²) < 4.78 is 0. The normalized spacial score (nSPS) is 10.8. The third kappa shape index (κ3) is 12.2. The first-order chi connectivity index (χ1) is 12.7. The minimum absolute atomic E-state index is 0.0393. The van der Waals surface area contributed by atoms with E-state index in [9.17, 15) is 9.59 Å². The first kappa shape index (κ1) is 21.9. The van der Waals surface area contributed by atoms with Gasteiger partial charge in [0.25, 0.3) is 5.91 Å². The van der Waals surface area contributed by atoms with E-state index < -0.39 is 0 Å². The molecule has 26 heavy (non-hydrogen) atoms. The maximum absolute atomic E-state index is 11.7. The highest BCUT2D eigenvalue weighted by atomic mass is 16.2. The lowest BCUT2D eigenvalue weighted by Crippen LogP contribution is -2.34. The zero-order valence-corrected chi connectivity index (χ0v) is 16.0. The maximum Gasteiger partial charge on any atom is 0.259 e. The monoisotopic (exact) mass is 359 g/mol. The van der Waals surface area contributed by atoms with Crippen molar-refractivity contribution in [2.75, 3.05) is 6.54 Å². The molecule has 0 bridgehead atoms. The van der Waals surface area contributed by atoms with Crippen molar-refractivity contribution in [1.29, 1.82) is 0 Å². The summed E-state index contributed by atoms with van der Waals surface area (Å²) in [6.07, 6.45) is 13.1. The molecule has 0 aliphatic rings. The number of carbonyl (C=O) groups is 2. The van der Waals surface area contributed by atoms with Crippen molar-refractivity contribution in [3.05, 3.63) is 35.9 Å². The van der Waals surface area contributed by atoms with Gasteiger partial charge in [0.05, 0.1) is 12.8 Å². The number of nitrogens with one attached hydrogen (secondary N) is 2. The molecule has 0 unspecified atom stereocenters. The molecule has 1 aromatic carbocycles. The second-order valence-corrected chi connectivity index (χ2v) is 6.56. The Morgan fingerprint density at radius 2 is 1.50 bits per heavy atom.